The predicted molar refractivity (Wildman–Crippen MR) is 72.3 cm³/mol. The number of carbonyl (C=O) groups is 2. The topological polar surface area (TPSA) is 84.2 Å². The maximum absolute atomic E-state index is 11.8. The van der Waals surface area contributed by atoms with E-state index in [1.54, 1.807) is 24.3 Å². The van der Waals surface area contributed by atoms with Crippen molar-refractivity contribution in [2.75, 3.05) is 10.6 Å². The third-order valence-electron chi connectivity index (χ3n) is 2.57. The Labute approximate surface area is 107 Å². The van der Waals surface area contributed by atoms with Gasteiger partial charge in [0.05, 0.1) is 0 Å². The van der Waals surface area contributed by atoms with Gasteiger partial charge in [0.2, 0.25) is 5.91 Å². The highest BCUT2D eigenvalue weighted by molar-refractivity contribution is 5.94. The molecule has 0 aromatic heterocycles. The van der Waals surface area contributed by atoms with Gasteiger partial charge in [-0.25, -0.2) is 4.79 Å². The third kappa shape index (κ3) is 4.45. The Morgan fingerprint density at radius 1 is 1.28 bits per heavy atom. The summed E-state index contributed by atoms with van der Waals surface area (Å²) in [5.74, 6) is -0.0455. The summed E-state index contributed by atoms with van der Waals surface area (Å²) in [5, 5.41) is 5.27. The molecule has 18 heavy (non-hydrogen) atoms. The Kier molecular flexibility index (Phi) is 5.17. The number of primary amides is 1. The predicted octanol–water partition coefficient (Wildman–Crippen LogP) is 2.55. The number of rotatable bonds is 5. The fraction of sp³-hybridized carbons (Fsp3) is 0.385. The van der Waals surface area contributed by atoms with Crippen LogP contribution in [0.3, 0.4) is 0 Å². The van der Waals surface area contributed by atoms with Crippen molar-refractivity contribution in [2.24, 2.45) is 11.7 Å². The smallest absolute Gasteiger partial charge is 0.316 e. The number of nitrogens with one attached hydrogen (secondary N) is 2. The van der Waals surface area contributed by atoms with Crippen molar-refractivity contribution < 1.29 is 9.59 Å². The molecule has 0 spiro atoms. The van der Waals surface area contributed by atoms with E-state index >= 15 is 0 Å². The molecule has 1 aromatic rings. The lowest BCUT2D eigenvalue weighted by Crippen LogP contribution is -2.21. The number of carbonyl (C=O) groups excluding carboxylic acids is 2. The van der Waals surface area contributed by atoms with Crippen molar-refractivity contribution >= 4 is 23.3 Å². The first-order valence-corrected chi connectivity index (χ1v) is 6.00. The van der Waals surface area contributed by atoms with E-state index in [0.29, 0.717) is 11.4 Å². The van der Waals surface area contributed by atoms with Crippen molar-refractivity contribution in [2.45, 2.75) is 26.7 Å². The molecule has 1 atom stereocenters. The van der Waals surface area contributed by atoms with Crippen LogP contribution in [0.25, 0.3) is 0 Å². The molecule has 1 unspecified atom stereocenters. The molecule has 3 amide bonds. The monoisotopic (exact) mass is 249 g/mol. The first kappa shape index (κ1) is 14.0. The van der Waals surface area contributed by atoms with Gasteiger partial charge >= 0.3 is 6.03 Å². The Balaban J connectivity index is 2.67. The second-order valence-corrected chi connectivity index (χ2v) is 4.25. The van der Waals surface area contributed by atoms with Gasteiger partial charge in [-0.05, 0) is 24.6 Å². The molecule has 5 nitrogen and oxygen atoms in total. The van der Waals surface area contributed by atoms with E-state index in [2.05, 4.69) is 10.6 Å². The summed E-state index contributed by atoms with van der Waals surface area (Å²) in [4.78, 5) is 22.5. The zero-order valence-electron chi connectivity index (χ0n) is 10.7. The lowest BCUT2D eigenvalue weighted by Gasteiger charge is -2.12. The Morgan fingerprint density at radius 2 is 1.89 bits per heavy atom. The van der Waals surface area contributed by atoms with Crippen molar-refractivity contribution in [1.82, 2.24) is 0 Å². The maximum atomic E-state index is 11.8. The maximum Gasteiger partial charge on any atom is 0.316 e. The van der Waals surface area contributed by atoms with Crippen molar-refractivity contribution in [3.63, 3.8) is 0 Å². The standard InChI is InChI=1S/C13H19N3O2/c1-3-5-9(2)12(17)15-10-6-4-7-11(8-10)16-13(14)18/h4,6-9H,3,5H2,1-2H3,(H,15,17)(H3,14,16,18). The molecule has 1 rings (SSSR count). The van der Waals surface area contributed by atoms with E-state index in [9.17, 15) is 9.59 Å². The van der Waals surface area contributed by atoms with Crippen LogP contribution in [0, 0.1) is 5.92 Å². The number of nitrogens with two attached hydrogens (primary N) is 1. The summed E-state index contributed by atoms with van der Waals surface area (Å²) in [6, 6.07) is 6.25. The number of anilines is 2. The van der Waals surface area contributed by atoms with Crippen LogP contribution in [-0.4, -0.2) is 11.9 Å². The minimum Gasteiger partial charge on any atom is -0.351 e. The molecule has 0 aliphatic rings. The van der Waals surface area contributed by atoms with E-state index in [4.69, 9.17) is 5.73 Å². The molecule has 0 saturated heterocycles. The van der Waals surface area contributed by atoms with Crippen LogP contribution in [0.5, 0.6) is 0 Å². The number of amides is 3. The van der Waals surface area contributed by atoms with E-state index in [1.807, 2.05) is 13.8 Å². The molecule has 0 aliphatic carbocycles. The van der Waals surface area contributed by atoms with Crippen molar-refractivity contribution in [3.05, 3.63) is 24.3 Å². The zero-order chi connectivity index (χ0) is 13.5. The summed E-state index contributed by atoms with van der Waals surface area (Å²) in [6.45, 7) is 3.94. The molecule has 0 saturated carbocycles. The molecular formula is C13H19N3O2. The van der Waals surface area contributed by atoms with E-state index in [-0.39, 0.29) is 11.8 Å². The third-order valence-corrected chi connectivity index (χ3v) is 2.57. The zero-order valence-corrected chi connectivity index (χ0v) is 10.7. The van der Waals surface area contributed by atoms with Gasteiger partial charge in [-0.2, -0.15) is 0 Å². The molecule has 4 N–H and O–H groups in total. The summed E-state index contributed by atoms with van der Waals surface area (Å²) < 4.78 is 0. The van der Waals surface area contributed by atoms with Crippen LogP contribution >= 0.6 is 0 Å². The highest BCUT2D eigenvalue weighted by atomic mass is 16.2. The molecule has 0 heterocycles. The largest absolute Gasteiger partial charge is 0.351 e. The second-order valence-electron chi connectivity index (χ2n) is 4.25. The van der Waals surface area contributed by atoms with Gasteiger partial charge in [0.15, 0.2) is 0 Å². The fourth-order valence-electron chi connectivity index (χ4n) is 1.65. The molecular weight excluding hydrogens is 230 g/mol. The van der Waals surface area contributed by atoms with E-state index < -0.39 is 6.03 Å². The molecule has 0 fully saturated rings. The normalized spacial score (nSPS) is 11.7. The Hall–Kier alpha value is -2.04. The number of urea groups is 1. The van der Waals surface area contributed by atoms with Crippen LogP contribution in [0.4, 0.5) is 16.2 Å². The SMILES string of the molecule is CCCC(C)C(=O)Nc1cccc(NC(N)=O)c1. The summed E-state index contributed by atoms with van der Waals surface area (Å²) in [7, 11) is 0. The van der Waals surface area contributed by atoms with E-state index in [0.717, 1.165) is 12.8 Å². The highest BCUT2D eigenvalue weighted by Gasteiger charge is 2.11. The average molecular weight is 249 g/mol. The van der Waals surface area contributed by atoms with Crippen LogP contribution in [0.15, 0.2) is 24.3 Å². The Bertz CT molecular complexity index is 432. The van der Waals surface area contributed by atoms with E-state index in [1.165, 1.54) is 0 Å². The van der Waals surface area contributed by atoms with Crippen LogP contribution in [0.2, 0.25) is 0 Å². The number of benzene rings is 1. The minimum absolute atomic E-state index is 0.0203. The quantitative estimate of drug-likeness (QED) is 0.749. The second kappa shape index (κ2) is 6.64. The van der Waals surface area contributed by atoms with Gasteiger partial charge in [0.25, 0.3) is 0 Å². The first-order valence-electron chi connectivity index (χ1n) is 6.00. The Morgan fingerprint density at radius 3 is 2.44 bits per heavy atom. The van der Waals surface area contributed by atoms with Gasteiger partial charge in [-0.1, -0.05) is 26.3 Å². The molecule has 5 heteroatoms. The van der Waals surface area contributed by atoms with Gasteiger partial charge in [-0.15, -0.1) is 0 Å². The van der Waals surface area contributed by atoms with Crippen molar-refractivity contribution in [3.8, 4) is 0 Å². The lowest BCUT2D eigenvalue weighted by molar-refractivity contribution is -0.119. The van der Waals surface area contributed by atoms with Gasteiger partial charge in [0.1, 0.15) is 0 Å². The summed E-state index contributed by atoms with van der Waals surface area (Å²) in [5.41, 5.74) is 6.23. The van der Waals surface area contributed by atoms with Crippen molar-refractivity contribution in [1.29, 1.82) is 0 Å². The molecule has 0 bridgehead atoms. The van der Waals surface area contributed by atoms with Gasteiger partial charge in [-0.3, -0.25) is 4.79 Å². The minimum atomic E-state index is -0.627. The average Bonchev–Trinajstić information content (AvgIpc) is 2.28. The number of hydrogen-bond acceptors (Lipinski definition) is 2. The lowest BCUT2D eigenvalue weighted by atomic mass is 10.1. The molecule has 1 aromatic carbocycles. The first-order chi connectivity index (χ1) is 8.52. The van der Waals surface area contributed by atoms with Gasteiger partial charge < -0.3 is 16.4 Å². The van der Waals surface area contributed by atoms with Crippen LogP contribution in [0.1, 0.15) is 26.7 Å². The summed E-state index contributed by atoms with van der Waals surface area (Å²) in [6.07, 6.45) is 1.82. The summed E-state index contributed by atoms with van der Waals surface area (Å²) >= 11 is 0. The molecule has 0 radical (unpaired) electrons. The molecule has 98 valence electrons. The fourth-order valence-corrected chi connectivity index (χ4v) is 1.65. The highest BCUT2D eigenvalue weighted by Crippen LogP contribution is 2.16. The van der Waals surface area contributed by atoms with Gasteiger partial charge in [0, 0.05) is 17.3 Å². The van der Waals surface area contributed by atoms with Crippen LogP contribution in [-0.2, 0) is 4.79 Å². The number of hydrogen-bond donors (Lipinski definition) is 3. The molecule has 0 aliphatic heterocycles. The van der Waals surface area contributed by atoms with Crippen LogP contribution < -0.4 is 16.4 Å².